The van der Waals surface area contributed by atoms with Crippen molar-refractivity contribution >= 4 is 22.7 Å². The molecule has 0 radical (unpaired) electrons. The van der Waals surface area contributed by atoms with Crippen molar-refractivity contribution in [3.8, 4) is 0 Å². The van der Waals surface area contributed by atoms with Gasteiger partial charge in [-0.3, -0.25) is 14.6 Å². The van der Waals surface area contributed by atoms with Crippen molar-refractivity contribution in [2.24, 2.45) is 5.73 Å². The minimum atomic E-state index is -0.781. The smallest absolute Gasteiger partial charge is 0.242 e. The molecule has 3 aromatic rings. The summed E-state index contributed by atoms with van der Waals surface area (Å²) in [6.07, 6.45) is 0.461. The van der Waals surface area contributed by atoms with Gasteiger partial charge in [0.25, 0.3) is 0 Å². The predicted octanol–water partition coefficient (Wildman–Crippen LogP) is 2.11. The molecule has 30 heavy (non-hydrogen) atoms. The van der Waals surface area contributed by atoms with E-state index in [0.717, 1.165) is 10.9 Å². The molecule has 0 spiro atoms. The number of benzene rings is 2. The van der Waals surface area contributed by atoms with Gasteiger partial charge in [-0.15, -0.1) is 0 Å². The van der Waals surface area contributed by atoms with Gasteiger partial charge in [0.2, 0.25) is 11.8 Å². The first-order valence-corrected chi connectivity index (χ1v) is 9.81. The summed E-state index contributed by atoms with van der Waals surface area (Å²) in [5.74, 6) is -1.03. The summed E-state index contributed by atoms with van der Waals surface area (Å²) in [5.41, 5.74) is 8.01. The molecule has 2 atom stereocenters. The minimum absolute atomic E-state index is 0.0209. The number of amides is 2. The summed E-state index contributed by atoms with van der Waals surface area (Å²) in [7, 11) is 1.51. The number of nitrogens with zero attached hydrogens (tertiary/aromatic N) is 1. The van der Waals surface area contributed by atoms with E-state index < -0.39 is 12.1 Å². The van der Waals surface area contributed by atoms with E-state index in [9.17, 15) is 14.0 Å². The first-order valence-electron chi connectivity index (χ1n) is 9.81. The molecule has 1 aromatic heterocycles. The molecular formula is C23H25FN4O2. The fourth-order valence-corrected chi connectivity index (χ4v) is 3.32. The number of fused-ring (bicyclic) bond motifs is 1. The van der Waals surface area contributed by atoms with E-state index in [-0.39, 0.29) is 36.9 Å². The second-order valence-corrected chi connectivity index (χ2v) is 7.19. The Hall–Kier alpha value is -3.32. The van der Waals surface area contributed by atoms with Crippen LogP contribution in [0.5, 0.6) is 0 Å². The number of carbonyl (C=O) groups is 2. The first-order chi connectivity index (χ1) is 14.5. The number of aromatic nitrogens is 1. The van der Waals surface area contributed by atoms with E-state index in [1.54, 1.807) is 18.2 Å². The standard InChI is InChI=1S/C23H25FN4O2/c1-26-23(30)21(14-18-11-10-15-6-3-5-9-20(15)27-18)28-22(29)13-17(25)12-16-7-2-4-8-19(16)24/h2-11,17,21H,12-14,25H2,1H3,(H,26,30)(H,28,29)/t17-,21-/m1/s1. The van der Waals surface area contributed by atoms with Crippen molar-refractivity contribution in [2.75, 3.05) is 7.05 Å². The van der Waals surface area contributed by atoms with Crippen molar-refractivity contribution in [2.45, 2.75) is 31.3 Å². The average Bonchev–Trinajstić information content (AvgIpc) is 2.74. The van der Waals surface area contributed by atoms with Crippen LogP contribution in [0.25, 0.3) is 10.9 Å². The maximum Gasteiger partial charge on any atom is 0.242 e. The lowest BCUT2D eigenvalue weighted by molar-refractivity contribution is -0.128. The molecule has 4 N–H and O–H groups in total. The molecule has 0 saturated carbocycles. The van der Waals surface area contributed by atoms with Gasteiger partial charge in [0.05, 0.1) is 5.52 Å². The fraction of sp³-hybridized carbons (Fsp3) is 0.261. The highest BCUT2D eigenvalue weighted by atomic mass is 19.1. The molecule has 0 unspecified atom stereocenters. The summed E-state index contributed by atoms with van der Waals surface area (Å²) >= 11 is 0. The molecule has 0 bridgehead atoms. The number of nitrogens with one attached hydrogen (secondary N) is 2. The SMILES string of the molecule is CNC(=O)[C@@H](Cc1ccc2ccccc2n1)NC(=O)C[C@H](N)Cc1ccccc1F. The number of carbonyl (C=O) groups excluding carboxylic acids is 2. The van der Waals surface area contributed by atoms with Gasteiger partial charge in [-0.05, 0) is 30.2 Å². The lowest BCUT2D eigenvalue weighted by atomic mass is 10.0. The highest BCUT2D eigenvalue weighted by molar-refractivity contribution is 5.88. The molecule has 6 nitrogen and oxygen atoms in total. The Labute approximate surface area is 174 Å². The second kappa shape index (κ2) is 9.93. The zero-order valence-corrected chi connectivity index (χ0v) is 16.8. The number of likely N-dealkylation sites (N-methyl/N-ethyl adjacent to an activating group) is 1. The van der Waals surface area contributed by atoms with Gasteiger partial charge in [-0.25, -0.2) is 4.39 Å². The van der Waals surface area contributed by atoms with Crippen molar-refractivity contribution in [3.63, 3.8) is 0 Å². The Morgan fingerprint density at radius 2 is 1.77 bits per heavy atom. The number of para-hydroxylation sites is 1. The second-order valence-electron chi connectivity index (χ2n) is 7.19. The first kappa shape index (κ1) is 21.4. The number of hydrogen-bond donors (Lipinski definition) is 3. The molecule has 2 aromatic carbocycles. The number of hydrogen-bond acceptors (Lipinski definition) is 4. The fourth-order valence-electron chi connectivity index (χ4n) is 3.32. The Morgan fingerprint density at radius 3 is 2.53 bits per heavy atom. The lowest BCUT2D eigenvalue weighted by Crippen LogP contribution is -2.48. The van der Waals surface area contributed by atoms with Crippen LogP contribution in [0, 0.1) is 5.82 Å². The van der Waals surface area contributed by atoms with E-state index >= 15 is 0 Å². The Morgan fingerprint density at radius 1 is 1.03 bits per heavy atom. The molecule has 0 aliphatic heterocycles. The number of pyridine rings is 1. The lowest BCUT2D eigenvalue weighted by Gasteiger charge is -2.19. The van der Waals surface area contributed by atoms with Crippen LogP contribution in [0.2, 0.25) is 0 Å². The van der Waals surface area contributed by atoms with E-state index in [2.05, 4.69) is 15.6 Å². The largest absolute Gasteiger partial charge is 0.357 e. The van der Waals surface area contributed by atoms with Crippen LogP contribution in [0.4, 0.5) is 4.39 Å². The third-order valence-corrected chi connectivity index (χ3v) is 4.85. The van der Waals surface area contributed by atoms with Crippen LogP contribution in [0.3, 0.4) is 0 Å². The topological polar surface area (TPSA) is 97.1 Å². The summed E-state index contributed by atoms with van der Waals surface area (Å²) in [6.45, 7) is 0. The van der Waals surface area contributed by atoms with Gasteiger partial charge in [0.1, 0.15) is 11.9 Å². The van der Waals surface area contributed by atoms with E-state index in [4.69, 9.17) is 5.73 Å². The van der Waals surface area contributed by atoms with Crippen LogP contribution in [-0.4, -0.2) is 35.9 Å². The van der Waals surface area contributed by atoms with Crippen LogP contribution >= 0.6 is 0 Å². The minimum Gasteiger partial charge on any atom is -0.357 e. The van der Waals surface area contributed by atoms with Gasteiger partial charge < -0.3 is 16.4 Å². The number of halogens is 1. The van der Waals surface area contributed by atoms with Gasteiger partial charge in [0, 0.05) is 37.0 Å². The van der Waals surface area contributed by atoms with E-state index in [1.807, 2.05) is 36.4 Å². The highest BCUT2D eigenvalue weighted by Crippen LogP contribution is 2.13. The number of rotatable bonds is 8. The van der Waals surface area contributed by atoms with E-state index in [0.29, 0.717) is 11.3 Å². The maximum atomic E-state index is 13.8. The third-order valence-electron chi connectivity index (χ3n) is 4.85. The van der Waals surface area contributed by atoms with Gasteiger partial charge in [-0.2, -0.15) is 0 Å². The zero-order valence-electron chi connectivity index (χ0n) is 16.8. The highest BCUT2D eigenvalue weighted by Gasteiger charge is 2.22. The third kappa shape index (κ3) is 5.61. The summed E-state index contributed by atoms with van der Waals surface area (Å²) in [6, 6.07) is 16.5. The van der Waals surface area contributed by atoms with Gasteiger partial charge >= 0.3 is 0 Å². The zero-order chi connectivity index (χ0) is 21.5. The number of nitrogens with two attached hydrogens (primary N) is 1. The Kier molecular flexibility index (Phi) is 7.08. The van der Waals surface area contributed by atoms with Crippen molar-refractivity contribution in [1.82, 2.24) is 15.6 Å². The molecule has 156 valence electrons. The molecule has 2 amide bonds. The normalized spacial score (nSPS) is 12.9. The molecule has 0 aliphatic rings. The quantitative estimate of drug-likeness (QED) is 0.532. The molecule has 3 rings (SSSR count). The predicted molar refractivity (Wildman–Crippen MR) is 114 cm³/mol. The Bertz CT molecular complexity index is 1040. The summed E-state index contributed by atoms with van der Waals surface area (Å²) < 4.78 is 13.8. The van der Waals surface area contributed by atoms with Gasteiger partial charge in [-0.1, -0.05) is 42.5 Å². The maximum absolute atomic E-state index is 13.8. The van der Waals surface area contributed by atoms with Crippen LogP contribution in [0.1, 0.15) is 17.7 Å². The van der Waals surface area contributed by atoms with Crippen molar-refractivity contribution in [3.05, 3.63) is 77.7 Å². The van der Waals surface area contributed by atoms with Crippen LogP contribution < -0.4 is 16.4 Å². The molecule has 0 aliphatic carbocycles. The monoisotopic (exact) mass is 408 g/mol. The summed E-state index contributed by atoms with van der Waals surface area (Å²) in [4.78, 5) is 29.3. The molecule has 1 heterocycles. The van der Waals surface area contributed by atoms with Gasteiger partial charge in [0.15, 0.2) is 0 Å². The molecule has 0 fully saturated rings. The summed E-state index contributed by atoms with van der Waals surface area (Å²) in [5, 5.41) is 6.30. The molecule has 7 heteroatoms. The average molecular weight is 408 g/mol. The van der Waals surface area contributed by atoms with Crippen molar-refractivity contribution in [1.29, 1.82) is 0 Å². The van der Waals surface area contributed by atoms with Crippen molar-refractivity contribution < 1.29 is 14.0 Å². The van der Waals surface area contributed by atoms with E-state index in [1.165, 1.54) is 13.1 Å². The molecular weight excluding hydrogens is 383 g/mol. The van der Waals surface area contributed by atoms with Crippen LogP contribution in [-0.2, 0) is 22.4 Å². The molecule has 0 saturated heterocycles. The Balaban J connectivity index is 1.64. The van der Waals surface area contributed by atoms with Crippen LogP contribution in [0.15, 0.2) is 60.7 Å².